The summed E-state index contributed by atoms with van der Waals surface area (Å²) in [6.45, 7) is 0. The van der Waals surface area contributed by atoms with Gasteiger partial charge in [-0.25, -0.2) is 5.43 Å². The molecular formula is C17H15N3O3S. The van der Waals surface area contributed by atoms with E-state index in [0.29, 0.717) is 5.56 Å². The number of phenols is 1. The summed E-state index contributed by atoms with van der Waals surface area (Å²) in [5, 5.41) is 15.5. The normalized spacial score (nSPS) is 16.5. The Kier molecular flexibility index (Phi) is 4.81. The summed E-state index contributed by atoms with van der Waals surface area (Å²) in [6.07, 6.45) is 1.46. The van der Waals surface area contributed by atoms with Crippen molar-refractivity contribution in [2.75, 3.05) is 5.32 Å². The Morgan fingerprint density at radius 1 is 1.29 bits per heavy atom. The molecule has 0 bridgehead atoms. The average molecular weight is 341 g/mol. The molecule has 0 radical (unpaired) electrons. The second-order valence-electron chi connectivity index (χ2n) is 5.18. The fourth-order valence-corrected chi connectivity index (χ4v) is 3.34. The van der Waals surface area contributed by atoms with Crippen LogP contribution in [-0.4, -0.2) is 28.4 Å². The van der Waals surface area contributed by atoms with Gasteiger partial charge in [0.15, 0.2) is 0 Å². The number of hydrogen-bond acceptors (Lipinski definition) is 5. The molecule has 0 aromatic heterocycles. The molecule has 122 valence electrons. The van der Waals surface area contributed by atoms with Crippen molar-refractivity contribution < 1.29 is 14.7 Å². The molecule has 6 nitrogen and oxygen atoms in total. The van der Waals surface area contributed by atoms with Crippen LogP contribution < -0.4 is 10.7 Å². The Bertz CT molecular complexity index is 807. The third-order valence-electron chi connectivity index (χ3n) is 3.35. The Hall–Kier alpha value is -2.80. The van der Waals surface area contributed by atoms with Crippen molar-refractivity contribution >= 4 is 35.5 Å². The number of fused-ring (bicyclic) bond motifs is 1. The molecule has 0 saturated carbocycles. The van der Waals surface area contributed by atoms with Crippen LogP contribution in [0, 0.1) is 0 Å². The summed E-state index contributed by atoms with van der Waals surface area (Å²) in [7, 11) is 0. The highest BCUT2D eigenvalue weighted by Gasteiger charge is 2.28. The molecule has 1 atom stereocenters. The van der Waals surface area contributed by atoms with Crippen molar-refractivity contribution in [1.29, 1.82) is 0 Å². The smallest absolute Gasteiger partial charge is 0.241 e. The number of hydrazone groups is 1. The van der Waals surface area contributed by atoms with Crippen molar-refractivity contribution in [3.63, 3.8) is 0 Å². The Labute approximate surface area is 143 Å². The van der Waals surface area contributed by atoms with Gasteiger partial charge in [0, 0.05) is 11.3 Å². The number of benzene rings is 2. The average Bonchev–Trinajstić information content (AvgIpc) is 2.55. The number of thioether (sulfide) groups is 1. The van der Waals surface area contributed by atoms with E-state index in [4.69, 9.17) is 0 Å². The molecule has 3 rings (SSSR count). The maximum Gasteiger partial charge on any atom is 0.241 e. The maximum absolute atomic E-state index is 12.0. The van der Waals surface area contributed by atoms with E-state index in [-0.39, 0.29) is 24.0 Å². The highest BCUT2D eigenvalue weighted by Crippen LogP contribution is 2.36. The van der Waals surface area contributed by atoms with Gasteiger partial charge in [0.05, 0.1) is 17.2 Å². The molecule has 2 aromatic rings. The lowest BCUT2D eigenvalue weighted by Gasteiger charge is -2.23. The zero-order chi connectivity index (χ0) is 16.9. The predicted molar refractivity (Wildman–Crippen MR) is 93.2 cm³/mol. The zero-order valence-electron chi connectivity index (χ0n) is 12.6. The van der Waals surface area contributed by atoms with Gasteiger partial charge in [-0.15, -0.1) is 11.8 Å². The standard InChI is InChI=1S/C17H15N3O3S/c21-12-5-3-4-11(8-12)10-18-20-16(22)9-15-17(23)19-13-6-1-2-7-14(13)24-15/h1-8,10,15,21H,9H2,(H,19,23)(H,20,22)/b18-10-/t15-/m0/s1. The molecular weight excluding hydrogens is 326 g/mol. The number of carbonyl (C=O) groups excluding carboxylic acids is 2. The topological polar surface area (TPSA) is 90.8 Å². The van der Waals surface area contributed by atoms with Gasteiger partial charge in [0.25, 0.3) is 0 Å². The lowest BCUT2D eigenvalue weighted by atomic mass is 10.2. The maximum atomic E-state index is 12.0. The van der Waals surface area contributed by atoms with Crippen LogP contribution in [0.15, 0.2) is 58.5 Å². The lowest BCUT2D eigenvalue weighted by molar-refractivity contribution is -0.124. The zero-order valence-corrected chi connectivity index (χ0v) is 13.4. The van der Waals surface area contributed by atoms with Gasteiger partial charge in [0.2, 0.25) is 11.8 Å². The Morgan fingerprint density at radius 2 is 2.12 bits per heavy atom. The molecule has 24 heavy (non-hydrogen) atoms. The number of hydrogen-bond donors (Lipinski definition) is 3. The molecule has 1 aliphatic heterocycles. The summed E-state index contributed by atoms with van der Waals surface area (Å²) in [4.78, 5) is 24.9. The third kappa shape index (κ3) is 3.94. The SMILES string of the molecule is O=C(C[C@@H]1Sc2ccccc2NC1=O)N/N=C\c1cccc(O)c1. The van der Waals surface area contributed by atoms with Gasteiger partial charge in [-0.2, -0.15) is 5.10 Å². The first-order valence-electron chi connectivity index (χ1n) is 7.29. The van der Waals surface area contributed by atoms with Gasteiger partial charge >= 0.3 is 0 Å². The largest absolute Gasteiger partial charge is 0.508 e. The quantitative estimate of drug-likeness (QED) is 0.588. The summed E-state index contributed by atoms with van der Waals surface area (Å²) in [6, 6.07) is 14.0. The van der Waals surface area contributed by atoms with Crippen LogP contribution in [0.25, 0.3) is 0 Å². The van der Waals surface area contributed by atoms with Crippen LogP contribution in [0.4, 0.5) is 5.69 Å². The molecule has 0 saturated heterocycles. The number of nitrogens with zero attached hydrogens (tertiary/aromatic N) is 1. The lowest BCUT2D eigenvalue weighted by Crippen LogP contribution is -2.33. The van der Waals surface area contributed by atoms with Gasteiger partial charge in [0.1, 0.15) is 5.75 Å². The fraction of sp³-hybridized carbons (Fsp3) is 0.118. The van der Waals surface area contributed by atoms with Crippen LogP contribution >= 0.6 is 11.8 Å². The van der Waals surface area contributed by atoms with E-state index in [1.165, 1.54) is 24.0 Å². The number of carbonyl (C=O) groups is 2. The summed E-state index contributed by atoms with van der Waals surface area (Å²) in [5.41, 5.74) is 3.83. The number of anilines is 1. The second kappa shape index (κ2) is 7.18. The Morgan fingerprint density at radius 3 is 2.96 bits per heavy atom. The molecule has 2 aromatic carbocycles. The van der Waals surface area contributed by atoms with Crippen LogP contribution in [0.1, 0.15) is 12.0 Å². The van der Waals surface area contributed by atoms with Crippen molar-refractivity contribution in [2.45, 2.75) is 16.6 Å². The highest BCUT2D eigenvalue weighted by molar-refractivity contribution is 8.01. The Balaban J connectivity index is 1.56. The molecule has 0 spiro atoms. The molecule has 0 aliphatic carbocycles. The molecule has 1 aliphatic rings. The van der Waals surface area contributed by atoms with E-state index in [9.17, 15) is 14.7 Å². The third-order valence-corrected chi connectivity index (χ3v) is 4.63. The van der Waals surface area contributed by atoms with E-state index in [2.05, 4.69) is 15.8 Å². The minimum Gasteiger partial charge on any atom is -0.508 e. The summed E-state index contributed by atoms with van der Waals surface area (Å²) >= 11 is 1.37. The molecule has 2 amide bonds. The van der Waals surface area contributed by atoms with Crippen LogP contribution in [0.3, 0.4) is 0 Å². The van der Waals surface area contributed by atoms with E-state index in [0.717, 1.165) is 10.6 Å². The van der Waals surface area contributed by atoms with Crippen molar-refractivity contribution in [2.24, 2.45) is 5.10 Å². The van der Waals surface area contributed by atoms with Gasteiger partial charge < -0.3 is 10.4 Å². The van der Waals surface area contributed by atoms with Gasteiger partial charge in [-0.05, 0) is 29.8 Å². The van der Waals surface area contributed by atoms with Crippen LogP contribution in [0.2, 0.25) is 0 Å². The number of phenolic OH excluding ortho intramolecular Hbond substituents is 1. The minimum atomic E-state index is -0.490. The fourth-order valence-electron chi connectivity index (χ4n) is 2.22. The van der Waals surface area contributed by atoms with E-state index in [1.54, 1.807) is 18.2 Å². The first kappa shape index (κ1) is 16.1. The minimum absolute atomic E-state index is 0.0300. The van der Waals surface area contributed by atoms with Crippen molar-refractivity contribution in [3.05, 3.63) is 54.1 Å². The van der Waals surface area contributed by atoms with Crippen molar-refractivity contribution in [1.82, 2.24) is 5.43 Å². The van der Waals surface area contributed by atoms with Gasteiger partial charge in [-0.1, -0.05) is 24.3 Å². The number of aromatic hydroxyl groups is 1. The second-order valence-corrected chi connectivity index (χ2v) is 6.43. The van der Waals surface area contributed by atoms with E-state index in [1.807, 2.05) is 24.3 Å². The molecule has 7 heteroatoms. The molecule has 3 N–H and O–H groups in total. The van der Waals surface area contributed by atoms with Gasteiger partial charge in [-0.3, -0.25) is 9.59 Å². The predicted octanol–water partition coefficient (Wildman–Crippen LogP) is 2.35. The van der Waals surface area contributed by atoms with E-state index >= 15 is 0 Å². The first-order chi connectivity index (χ1) is 11.6. The number of para-hydroxylation sites is 1. The summed E-state index contributed by atoms with van der Waals surface area (Å²) < 4.78 is 0. The number of amides is 2. The molecule has 0 fully saturated rings. The molecule has 0 unspecified atom stereocenters. The van der Waals surface area contributed by atoms with Crippen LogP contribution in [0.5, 0.6) is 5.75 Å². The number of rotatable bonds is 4. The van der Waals surface area contributed by atoms with E-state index < -0.39 is 5.25 Å². The monoisotopic (exact) mass is 341 g/mol. The molecule has 1 heterocycles. The van der Waals surface area contributed by atoms with Crippen LogP contribution in [-0.2, 0) is 9.59 Å². The van der Waals surface area contributed by atoms with Crippen molar-refractivity contribution in [3.8, 4) is 5.75 Å². The highest BCUT2D eigenvalue weighted by atomic mass is 32.2. The summed E-state index contributed by atoms with van der Waals surface area (Å²) in [5.74, 6) is -0.413. The number of nitrogens with one attached hydrogen (secondary N) is 2. The first-order valence-corrected chi connectivity index (χ1v) is 8.17.